The molecule has 3 aromatic rings. The Morgan fingerprint density at radius 1 is 1.10 bits per heavy atom. The number of nitrogens with zero attached hydrogens (tertiary/aromatic N) is 1. The molecule has 0 saturated carbocycles. The predicted octanol–water partition coefficient (Wildman–Crippen LogP) is 2.46. The van der Waals surface area contributed by atoms with Crippen LogP contribution in [0.2, 0.25) is 0 Å². The van der Waals surface area contributed by atoms with Crippen LogP contribution in [0, 0.1) is 0 Å². The number of benzene rings is 2. The van der Waals surface area contributed by atoms with E-state index in [2.05, 4.69) is 28.2 Å². The Kier molecular flexibility index (Phi) is 2.35. The van der Waals surface area contributed by atoms with Crippen LogP contribution in [0.15, 0.2) is 48.8 Å². The summed E-state index contributed by atoms with van der Waals surface area (Å²) in [4.78, 5) is 7.43. The average molecular weight is 265 g/mol. The second kappa shape index (κ2) is 4.08. The Bertz CT molecular complexity index is 774. The number of hydrogen-bond donors (Lipinski definition) is 2. The summed E-state index contributed by atoms with van der Waals surface area (Å²) in [5, 5.41) is 0. The number of aromatic amines is 1. The van der Waals surface area contributed by atoms with E-state index < -0.39 is 0 Å². The molecule has 2 aromatic carbocycles. The van der Waals surface area contributed by atoms with Gasteiger partial charge < -0.3 is 15.5 Å². The number of hydrogen-bond acceptors (Lipinski definition) is 3. The van der Waals surface area contributed by atoms with Crippen LogP contribution in [-0.4, -0.2) is 23.2 Å². The molecule has 1 saturated heterocycles. The maximum Gasteiger partial charge on any atom is 0.0931 e. The lowest BCUT2D eigenvalue weighted by molar-refractivity contribution is -0.0379. The molecule has 0 aliphatic carbocycles. The molecule has 1 aliphatic heterocycles. The van der Waals surface area contributed by atoms with Gasteiger partial charge in [0, 0.05) is 5.69 Å². The quantitative estimate of drug-likeness (QED) is 0.700. The monoisotopic (exact) mass is 265 g/mol. The number of fused-ring (bicyclic) bond motifs is 1. The first-order valence-corrected chi connectivity index (χ1v) is 6.65. The number of imidazole rings is 1. The van der Waals surface area contributed by atoms with E-state index in [9.17, 15) is 0 Å². The lowest BCUT2D eigenvalue weighted by Gasteiger charge is -2.42. The van der Waals surface area contributed by atoms with Gasteiger partial charge in [-0.3, -0.25) is 0 Å². The van der Waals surface area contributed by atoms with Gasteiger partial charge in [0.05, 0.1) is 36.0 Å². The molecule has 0 bridgehead atoms. The summed E-state index contributed by atoms with van der Waals surface area (Å²) >= 11 is 0. The summed E-state index contributed by atoms with van der Waals surface area (Å²) in [5.74, 6) is 0. The number of aromatic nitrogens is 2. The summed E-state index contributed by atoms with van der Waals surface area (Å²) < 4.78 is 5.51. The third-order valence-corrected chi connectivity index (χ3v) is 4.11. The van der Waals surface area contributed by atoms with Gasteiger partial charge in [0.25, 0.3) is 0 Å². The molecule has 4 nitrogen and oxygen atoms in total. The van der Waals surface area contributed by atoms with Crippen LogP contribution < -0.4 is 5.73 Å². The molecule has 0 atom stereocenters. The van der Waals surface area contributed by atoms with Crippen molar-refractivity contribution in [2.75, 3.05) is 18.9 Å². The number of ether oxygens (including phenoxy) is 1. The van der Waals surface area contributed by atoms with Crippen LogP contribution >= 0.6 is 0 Å². The zero-order chi connectivity index (χ0) is 13.6. The van der Waals surface area contributed by atoms with Crippen LogP contribution in [0.4, 0.5) is 5.69 Å². The fourth-order valence-electron chi connectivity index (χ4n) is 2.88. The number of nitrogens with two attached hydrogens (primary N) is 1. The number of rotatable bonds is 2. The lowest BCUT2D eigenvalue weighted by Crippen LogP contribution is -2.47. The Hall–Kier alpha value is -2.33. The van der Waals surface area contributed by atoms with E-state index in [0.29, 0.717) is 13.2 Å². The zero-order valence-corrected chi connectivity index (χ0v) is 11.0. The molecule has 2 heterocycles. The third-order valence-electron chi connectivity index (χ3n) is 4.11. The molecular formula is C16H15N3O. The highest BCUT2D eigenvalue weighted by atomic mass is 16.5. The topological polar surface area (TPSA) is 63.9 Å². The smallest absolute Gasteiger partial charge is 0.0931 e. The highest BCUT2D eigenvalue weighted by Gasteiger charge is 2.42. The first-order valence-electron chi connectivity index (χ1n) is 6.65. The van der Waals surface area contributed by atoms with Crippen LogP contribution in [-0.2, 0) is 10.2 Å². The molecule has 4 rings (SSSR count). The van der Waals surface area contributed by atoms with Crippen molar-refractivity contribution in [1.82, 2.24) is 9.97 Å². The summed E-state index contributed by atoms with van der Waals surface area (Å²) in [5.41, 5.74) is 11.1. The van der Waals surface area contributed by atoms with Gasteiger partial charge in [-0.05, 0) is 35.4 Å². The molecule has 4 heteroatoms. The Morgan fingerprint density at radius 3 is 2.70 bits per heavy atom. The molecule has 0 unspecified atom stereocenters. The van der Waals surface area contributed by atoms with Crippen LogP contribution in [0.25, 0.3) is 11.0 Å². The van der Waals surface area contributed by atoms with E-state index >= 15 is 0 Å². The Labute approximate surface area is 116 Å². The van der Waals surface area contributed by atoms with Crippen molar-refractivity contribution in [2.24, 2.45) is 0 Å². The maximum absolute atomic E-state index is 5.93. The molecule has 0 amide bonds. The second-order valence-corrected chi connectivity index (χ2v) is 5.33. The average Bonchev–Trinajstić information content (AvgIpc) is 2.85. The van der Waals surface area contributed by atoms with E-state index in [1.54, 1.807) is 6.33 Å². The van der Waals surface area contributed by atoms with Gasteiger partial charge in [-0.2, -0.15) is 0 Å². The fourth-order valence-corrected chi connectivity index (χ4v) is 2.88. The molecule has 3 N–H and O–H groups in total. The molecule has 20 heavy (non-hydrogen) atoms. The number of anilines is 1. The largest absolute Gasteiger partial charge is 0.399 e. The van der Waals surface area contributed by atoms with Crippen LogP contribution in [0.3, 0.4) is 0 Å². The van der Waals surface area contributed by atoms with Gasteiger partial charge in [-0.25, -0.2) is 4.98 Å². The Balaban J connectivity index is 1.88. The predicted molar refractivity (Wildman–Crippen MR) is 78.5 cm³/mol. The minimum absolute atomic E-state index is 0.0886. The highest BCUT2D eigenvalue weighted by molar-refractivity contribution is 5.76. The zero-order valence-electron chi connectivity index (χ0n) is 11.0. The van der Waals surface area contributed by atoms with Crippen molar-refractivity contribution in [1.29, 1.82) is 0 Å². The second-order valence-electron chi connectivity index (χ2n) is 5.33. The molecule has 0 spiro atoms. The SMILES string of the molecule is Nc1cccc(C2(c3ccc4nc[nH]c4c3)COC2)c1. The van der Waals surface area contributed by atoms with E-state index in [-0.39, 0.29) is 5.41 Å². The molecular weight excluding hydrogens is 250 g/mol. The van der Waals surface area contributed by atoms with Crippen LogP contribution in [0.1, 0.15) is 11.1 Å². The first kappa shape index (κ1) is 11.5. The third kappa shape index (κ3) is 1.55. The lowest BCUT2D eigenvalue weighted by atomic mass is 9.73. The normalized spacial score (nSPS) is 17.0. The summed E-state index contributed by atoms with van der Waals surface area (Å²) in [6.07, 6.45) is 1.72. The number of nitrogen functional groups attached to an aromatic ring is 1. The van der Waals surface area contributed by atoms with Gasteiger partial charge in [0.1, 0.15) is 0 Å². The molecule has 0 radical (unpaired) electrons. The summed E-state index contributed by atoms with van der Waals surface area (Å²) in [7, 11) is 0. The number of H-pyrrole nitrogens is 1. The Morgan fingerprint density at radius 2 is 1.95 bits per heavy atom. The van der Waals surface area contributed by atoms with Gasteiger partial charge >= 0.3 is 0 Å². The van der Waals surface area contributed by atoms with E-state index in [1.165, 1.54) is 11.1 Å². The van der Waals surface area contributed by atoms with Crippen LogP contribution in [0.5, 0.6) is 0 Å². The van der Waals surface area contributed by atoms with Gasteiger partial charge in [-0.15, -0.1) is 0 Å². The van der Waals surface area contributed by atoms with E-state index in [0.717, 1.165) is 16.7 Å². The van der Waals surface area contributed by atoms with Crippen molar-refractivity contribution >= 4 is 16.7 Å². The summed E-state index contributed by atoms with van der Waals surface area (Å²) in [6, 6.07) is 14.4. The molecule has 1 fully saturated rings. The highest BCUT2D eigenvalue weighted by Crippen LogP contribution is 2.40. The molecule has 1 aliphatic rings. The molecule has 100 valence electrons. The number of nitrogens with one attached hydrogen (secondary N) is 1. The fraction of sp³-hybridized carbons (Fsp3) is 0.188. The molecule has 1 aromatic heterocycles. The van der Waals surface area contributed by atoms with Crippen molar-refractivity contribution in [3.63, 3.8) is 0 Å². The van der Waals surface area contributed by atoms with E-state index in [1.807, 2.05) is 24.3 Å². The van der Waals surface area contributed by atoms with Gasteiger partial charge in [0.15, 0.2) is 0 Å². The van der Waals surface area contributed by atoms with Gasteiger partial charge in [0.2, 0.25) is 0 Å². The van der Waals surface area contributed by atoms with Crippen molar-refractivity contribution < 1.29 is 4.74 Å². The van der Waals surface area contributed by atoms with Crippen molar-refractivity contribution in [2.45, 2.75) is 5.41 Å². The van der Waals surface area contributed by atoms with Crippen molar-refractivity contribution in [3.05, 3.63) is 59.9 Å². The van der Waals surface area contributed by atoms with Crippen molar-refractivity contribution in [3.8, 4) is 0 Å². The minimum Gasteiger partial charge on any atom is -0.399 e. The van der Waals surface area contributed by atoms with Gasteiger partial charge in [-0.1, -0.05) is 18.2 Å². The summed E-state index contributed by atoms with van der Waals surface area (Å²) in [6.45, 7) is 1.38. The maximum atomic E-state index is 5.93. The first-order chi connectivity index (χ1) is 9.78. The minimum atomic E-state index is -0.0886. The van der Waals surface area contributed by atoms with E-state index in [4.69, 9.17) is 10.5 Å². The standard InChI is InChI=1S/C16H15N3O/c17-13-3-1-2-11(6-13)16(8-20-9-16)12-4-5-14-15(7-12)19-10-18-14/h1-7,10H,8-9,17H2,(H,18,19).